The van der Waals surface area contributed by atoms with Gasteiger partial charge in [-0.15, -0.1) is 0 Å². The van der Waals surface area contributed by atoms with E-state index in [1.165, 1.54) is 7.11 Å². The number of hydrogen-bond donors (Lipinski definition) is 1. The fourth-order valence-corrected chi connectivity index (χ4v) is 4.27. The van der Waals surface area contributed by atoms with Gasteiger partial charge in [0, 0.05) is 10.5 Å². The molecule has 0 fully saturated rings. The lowest BCUT2D eigenvalue weighted by Crippen LogP contribution is -2.15. The fraction of sp³-hybridized carbons (Fsp3) is 0.250. The molecule has 0 bridgehead atoms. The van der Waals surface area contributed by atoms with E-state index in [1.807, 2.05) is 26.0 Å². The zero-order valence-corrected chi connectivity index (χ0v) is 15.3. The Morgan fingerprint density at radius 2 is 1.73 bits per heavy atom. The van der Waals surface area contributed by atoms with Crippen molar-refractivity contribution in [3.63, 3.8) is 0 Å². The predicted molar refractivity (Wildman–Crippen MR) is 92.2 cm³/mol. The Morgan fingerprint density at radius 1 is 1.05 bits per heavy atom. The van der Waals surface area contributed by atoms with E-state index in [-0.39, 0.29) is 4.90 Å². The molecule has 22 heavy (non-hydrogen) atoms. The summed E-state index contributed by atoms with van der Waals surface area (Å²) in [7, 11) is -2.16. The SMILES string of the molecule is COc1cc(S(=O)(=O)Nc2ccc(C)cc2Br)c(C)cc1C. The molecule has 0 aromatic heterocycles. The quantitative estimate of drug-likeness (QED) is 0.860. The van der Waals surface area contributed by atoms with Crippen molar-refractivity contribution in [1.29, 1.82) is 0 Å². The summed E-state index contributed by atoms with van der Waals surface area (Å²) in [5.74, 6) is 0.550. The van der Waals surface area contributed by atoms with Crippen LogP contribution in [0.1, 0.15) is 16.7 Å². The lowest BCUT2D eigenvalue weighted by molar-refractivity contribution is 0.410. The first-order valence-electron chi connectivity index (χ1n) is 6.69. The van der Waals surface area contributed by atoms with Crippen LogP contribution >= 0.6 is 15.9 Å². The number of benzene rings is 2. The Kier molecular flexibility index (Phi) is 4.82. The van der Waals surface area contributed by atoms with Crippen LogP contribution in [0.2, 0.25) is 0 Å². The standard InChI is InChI=1S/C16H18BrNO3S/c1-10-5-6-14(13(17)7-10)18-22(19,20)16-9-15(21-4)11(2)8-12(16)3/h5-9,18H,1-4H3. The predicted octanol–water partition coefficient (Wildman–Crippen LogP) is 4.18. The van der Waals surface area contributed by atoms with Crippen LogP contribution in [0.15, 0.2) is 39.7 Å². The van der Waals surface area contributed by atoms with Crippen molar-refractivity contribution in [2.24, 2.45) is 0 Å². The number of aryl methyl sites for hydroxylation is 3. The van der Waals surface area contributed by atoms with Gasteiger partial charge in [0.15, 0.2) is 0 Å². The zero-order chi connectivity index (χ0) is 16.5. The van der Waals surface area contributed by atoms with E-state index in [4.69, 9.17) is 4.74 Å². The topological polar surface area (TPSA) is 55.4 Å². The van der Waals surface area contributed by atoms with Crippen molar-refractivity contribution >= 4 is 31.6 Å². The number of nitrogens with one attached hydrogen (secondary N) is 1. The maximum absolute atomic E-state index is 12.7. The number of rotatable bonds is 4. The summed E-state index contributed by atoms with van der Waals surface area (Å²) in [5, 5.41) is 0. The molecule has 0 aliphatic carbocycles. The van der Waals surface area contributed by atoms with Crippen molar-refractivity contribution in [2.75, 3.05) is 11.8 Å². The molecule has 1 N–H and O–H groups in total. The summed E-state index contributed by atoms with van der Waals surface area (Å²) < 4.78 is 33.8. The molecule has 0 atom stereocenters. The molecule has 2 rings (SSSR count). The number of methoxy groups -OCH3 is 1. The third-order valence-electron chi connectivity index (χ3n) is 3.35. The fourth-order valence-electron chi connectivity index (χ4n) is 2.23. The van der Waals surface area contributed by atoms with E-state index in [2.05, 4.69) is 20.7 Å². The summed E-state index contributed by atoms with van der Waals surface area (Å²) in [5.41, 5.74) is 3.12. The van der Waals surface area contributed by atoms with E-state index < -0.39 is 10.0 Å². The van der Waals surface area contributed by atoms with Crippen LogP contribution in [0.25, 0.3) is 0 Å². The molecule has 0 heterocycles. The Hall–Kier alpha value is -1.53. The Morgan fingerprint density at radius 3 is 2.32 bits per heavy atom. The highest BCUT2D eigenvalue weighted by molar-refractivity contribution is 9.10. The van der Waals surface area contributed by atoms with Gasteiger partial charge in [0.1, 0.15) is 5.75 Å². The van der Waals surface area contributed by atoms with Gasteiger partial charge < -0.3 is 4.74 Å². The summed E-state index contributed by atoms with van der Waals surface area (Å²) in [6.07, 6.45) is 0. The molecular formula is C16H18BrNO3S. The van der Waals surface area contributed by atoms with Gasteiger partial charge in [0.25, 0.3) is 10.0 Å². The highest BCUT2D eigenvalue weighted by atomic mass is 79.9. The summed E-state index contributed by atoms with van der Waals surface area (Å²) in [6.45, 7) is 5.59. The molecular weight excluding hydrogens is 366 g/mol. The average molecular weight is 384 g/mol. The lowest BCUT2D eigenvalue weighted by atomic mass is 10.1. The molecule has 0 saturated heterocycles. The molecule has 4 nitrogen and oxygen atoms in total. The summed E-state index contributed by atoms with van der Waals surface area (Å²) in [6, 6.07) is 8.80. The van der Waals surface area contributed by atoms with Gasteiger partial charge in [0.2, 0.25) is 0 Å². The van der Waals surface area contributed by atoms with E-state index >= 15 is 0 Å². The second-order valence-electron chi connectivity index (χ2n) is 5.18. The molecule has 2 aromatic rings. The maximum atomic E-state index is 12.7. The normalized spacial score (nSPS) is 11.3. The number of halogens is 1. The number of hydrogen-bond acceptors (Lipinski definition) is 3. The van der Waals surface area contributed by atoms with Gasteiger partial charge in [-0.3, -0.25) is 4.72 Å². The maximum Gasteiger partial charge on any atom is 0.262 e. The first-order chi connectivity index (χ1) is 10.2. The Balaban J connectivity index is 2.47. The lowest BCUT2D eigenvalue weighted by Gasteiger charge is -2.14. The minimum atomic E-state index is -3.69. The van der Waals surface area contributed by atoms with Gasteiger partial charge in [-0.25, -0.2) is 8.42 Å². The second kappa shape index (κ2) is 6.30. The van der Waals surface area contributed by atoms with Crippen molar-refractivity contribution in [3.05, 3.63) is 51.5 Å². The van der Waals surface area contributed by atoms with Gasteiger partial charge >= 0.3 is 0 Å². The van der Waals surface area contributed by atoms with Crippen molar-refractivity contribution in [2.45, 2.75) is 25.7 Å². The van der Waals surface area contributed by atoms with E-state index in [0.29, 0.717) is 21.5 Å². The van der Waals surface area contributed by atoms with Crippen LogP contribution in [0.5, 0.6) is 5.75 Å². The molecule has 0 aliphatic heterocycles. The second-order valence-corrected chi connectivity index (χ2v) is 7.68. The molecule has 0 aliphatic rings. The molecule has 6 heteroatoms. The van der Waals surface area contributed by atoms with Crippen LogP contribution in [0, 0.1) is 20.8 Å². The number of ether oxygens (including phenoxy) is 1. The molecule has 0 radical (unpaired) electrons. The van der Waals surface area contributed by atoms with Gasteiger partial charge in [-0.1, -0.05) is 12.1 Å². The molecule has 0 spiro atoms. The third kappa shape index (κ3) is 3.44. The number of anilines is 1. The molecule has 0 saturated carbocycles. The van der Waals surface area contributed by atoms with Crippen LogP contribution in [-0.4, -0.2) is 15.5 Å². The molecule has 2 aromatic carbocycles. The number of sulfonamides is 1. The Labute approximate surface area is 139 Å². The Bertz CT molecular complexity index is 816. The summed E-state index contributed by atoms with van der Waals surface area (Å²) in [4.78, 5) is 0.211. The average Bonchev–Trinajstić information content (AvgIpc) is 2.42. The van der Waals surface area contributed by atoms with Crippen molar-refractivity contribution in [3.8, 4) is 5.75 Å². The van der Waals surface area contributed by atoms with Crippen molar-refractivity contribution < 1.29 is 13.2 Å². The van der Waals surface area contributed by atoms with E-state index in [1.54, 1.807) is 25.1 Å². The van der Waals surface area contributed by atoms with Crippen LogP contribution in [-0.2, 0) is 10.0 Å². The van der Waals surface area contributed by atoms with Crippen LogP contribution in [0.4, 0.5) is 5.69 Å². The first-order valence-corrected chi connectivity index (χ1v) is 8.96. The van der Waals surface area contributed by atoms with Crippen LogP contribution < -0.4 is 9.46 Å². The summed E-state index contributed by atoms with van der Waals surface area (Å²) >= 11 is 3.38. The minimum Gasteiger partial charge on any atom is -0.496 e. The van der Waals surface area contributed by atoms with Gasteiger partial charge in [0.05, 0.1) is 17.7 Å². The third-order valence-corrected chi connectivity index (χ3v) is 5.51. The van der Waals surface area contributed by atoms with Crippen molar-refractivity contribution in [1.82, 2.24) is 0 Å². The molecule has 118 valence electrons. The largest absolute Gasteiger partial charge is 0.496 e. The van der Waals surface area contributed by atoms with Gasteiger partial charge in [-0.05, 0) is 65.5 Å². The van der Waals surface area contributed by atoms with Gasteiger partial charge in [-0.2, -0.15) is 0 Å². The smallest absolute Gasteiger partial charge is 0.262 e. The highest BCUT2D eigenvalue weighted by Gasteiger charge is 2.20. The van der Waals surface area contributed by atoms with E-state index in [9.17, 15) is 8.42 Å². The zero-order valence-electron chi connectivity index (χ0n) is 12.9. The van der Waals surface area contributed by atoms with E-state index in [0.717, 1.165) is 11.1 Å². The molecule has 0 unspecified atom stereocenters. The van der Waals surface area contributed by atoms with Crippen LogP contribution in [0.3, 0.4) is 0 Å². The first kappa shape index (κ1) is 16.8. The highest BCUT2D eigenvalue weighted by Crippen LogP contribution is 2.30. The minimum absolute atomic E-state index is 0.211. The molecule has 0 amide bonds. The monoisotopic (exact) mass is 383 g/mol.